The average molecular weight is 312 g/mol. The summed E-state index contributed by atoms with van der Waals surface area (Å²) in [6.45, 7) is 4.87. The minimum Gasteiger partial charge on any atom is -0.342 e. The number of carbonyl (C=O) groups excluding carboxylic acids is 2. The largest absolute Gasteiger partial charge is 0.441 e. The molecular weight excluding hydrogens is 293 g/mol. The molecule has 20 heavy (non-hydrogen) atoms. The number of alkyl halides is 3. The summed E-state index contributed by atoms with van der Waals surface area (Å²) in [5.41, 5.74) is -5.44. The van der Waals surface area contributed by atoms with Crippen molar-refractivity contribution in [1.29, 1.82) is 0 Å². The minimum absolute atomic E-state index is 0.0936. The molecule has 0 aromatic carbocycles. The molecule has 0 aromatic rings. The monoisotopic (exact) mass is 312 g/mol. The van der Waals surface area contributed by atoms with E-state index in [1.807, 2.05) is 6.92 Å². The number of thioether (sulfide) groups is 1. The fourth-order valence-corrected chi connectivity index (χ4v) is 2.61. The topological polar surface area (TPSA) is 49.4 Å². The van der Waals surface area contributed by atoms with Crippen LogP contribution in [0.5, 0.6) is 0 Å². The van der Waals surface area contributed by atoms with Crippen molar-refractivity contribution >= 4 is 23.6 Å². The Hall–Kier alpha value is -0.920. The van der Waals surface area contributed by atoms with Gasteiger partial charge in [-0.05, 0) is 32.0 Å². The molecule has 0 aliphatic carbocycles. The Balaban J connectivity index is 2.76. The summed E-state index contributed by atoms with van der Waals surface area (Å²) < 4.78 is 36.5. The van der Waals surface area contributed by atoms with E-state index in [2.05, 4.69) is 5.32 Å². The Morgan fingerprint density at radius 3 is 2.45 bits per heavy atom. The first-order valence-corrected chi connectivity index (χ1v) is 7.41. The minimum atomic E-state index is -4.33. The number of rotatable bonds is 5. The van der Waals surface area contributed by atoms with Gasteiger partial charge in [0, 0.05) is 12.3 Å². The maximum Gasteiger partial charge on any atom is 0.441 e. The normalized spacial score (nSPS) is 22.9. The number of carbonyl (C=O) groups is 2. The Morgan fingerprint density at radius 2 is 1.95 bits per heavy atom. The molecule has 8 heteroatoms. The molecule has 2 amide bonds. The summed E-state index contributed by atoms with van der Waals surface area (Å²) in [6.07, 6.45) is 1.20. The lowest BCUT2D eigenvalue weighted by Crippen LogP contribution is -2.68. The third kappa shape index (κ3) is 4.04. The van der Waals surface area contributed by atoms with Gasteiger partial charge in [0.15, 0.2) is 0 Å². The van der Waals surface area contributed by atoms with Crippen LogP contribution in [0.2, 0.25) is 0 Å². The van der Waals surface area contributed by atoms with E-state index in [1.54, 1.807) is 13.8 Å². The van der Waals surface area contributed by atoms with Gasteiger partial charge >= 0.3 is 5.51 Å². The quantitative estimate of drug-likeness (QED) is 0.846. The second-order valence-corrected chi connectivity index (χ2v) is 6.32. The maximum absolute atomic E-state index is 12.3. The molecule has 1 saturated heterocycles. The van der Waals surface area contributed by atoms with Crippen molar-refractivity contribution in [3.05, 3.63) is 0 Å². The summed E-state index contributed by atoms with van der Waals surface area (Å²) in [4.78, 5) is 25.5. The van der Waals surface area contributed by atoms with Crippen molar-refractivity contribution in [3.63, 3.8) is 0 Å². The van der Waals surface area contributed by atoms with E-state index in [4.69, 9.17) is 0 Å². The van der Waals surface area contributed by atoms with Crippen LogP contribution >= 0.6 is 11.8 Å². The molecule has 0 bridgehead atoms. The number of halogens is 3. The molecule has 1 atom stereocenters. The Kier molecular flexibility index (Phi) is 5.34. The molecule has 1 heterocycles. The Labute approximate surface area is 120 Å². The zero-order valence-electron chi connectivity index (χ0n) is 11.7. The van der Waals surface area contributed by atoms with Gasteiger partial charge in [-0.2, -0.15) is 13.2 Å². The Bertz CT molecular complexity index is 385. The summed E-state index contributed by atoms with van der Waals surface area (Å²) >= 11 is -0.180. The van der Waals surface area contributed by atoms with Crippen LogP contribution in [0.25, 0.3) is 0 Å². The summed E-state index contributed by atoms with van der Waals surface area (Å²) in [6, 6.07) is -0.628. The SMILES string of the molecule is CCCC1NC(=O)C(C)(C)N(CCSC(F)(F)F)C1=O. The average Bonchev–Trinajstić information content (AvgIpc) is 2.30. The highest BCUT2D eigenvalue weighted by atomic mass is 32.2. The van der Waals surface area contributed by atoms with Crippen LogP contribution in [0.15, 0.2) is 0 Å². The van der Waals surface area contributed by atoms with Crippen LogP contribution in [-0.4, -0.2) is 46.1 Å². The summed E-state index contributed by atoms with van der Waals surface area (Å²) in [7, 11) is 0. The molecule has 0 radical (unpaired) electrons. The molecule has 116 valence electrons. The van der Waals surface area contributed by atoms with Gasteiger partial charge in [-0.15, -0.1) is 0 Å². The van der Waals surface area contributed by atoms with E-state index >= 15 is 0 Å². The van der Waals surface area contributed by atoms with Crippen LogP contribution in [0, 0.1) is 0 Å². The fourth-order valence-electron chi connectivity index (χ4n) is 2.11. The number of nitrogens with one attached hydrogen (secondary N) is 1. The molecular formula is C12H19F3N2O2S. The number of amides is 2. The molecule has 4 nitrogen and oxygen atoms in total. The molecule has 1 aliphatic rings. The molecule has 0 aromatic heterocycles. The first kappa shape index (κ1) is 17.1. The van der Waals surface area contributed by atoms with E-state index in [0.717, 1.165) is 0 Å². The highest BCUT2D eigenvalue weighted by Crippen LogP contribution is 2.31. The first-order chi connectivity index (χ1) is 9.09. The number of nitrogens with zero attached hydrogens (tertiary/aromatic N) is 1. The van der Waals surface area contributed by atoms with E-state index in [-0.39, 0.29) is 35.9 Å². The van der Waals surface area contributed by atoms with Gasteiger partial charge in [0.1, 0.15) is 11.6 Å². The first-order valence-electron chi connectivity index (χ1n) is 6.42. The van der Waals surface area contributed by atoms with E-state index in [9.17, 15) is 22.8 Å². The van der Waals surface area contributed by atoms with Crippen molar-refractivity contribution in [2.24, 2.45) is 0 Å². The van der Waals surface area contributed by atoms with Crippen molar-refractivity contribution in [3.8, 4) is 0 Å². The second-order valence-electron chi connectivity index (χ2n) is 5.16. The molecule has 1 rings (SSSR count). The molecule has 1 fully saturated rings. The van der Waals surface area contributed by atoms with Crippen molar-refractivity contribution < 1.29 is 22.8 Å². The van der Waals surface area contributed by atoms with Gasteiger partial charge in [0.25, 0.3) is 0 Å². The number of hydrogen-bond acceptors (Lipinski definition) is 3. The number of hydrogen-bond donors (Lipinski definition) is 1. The van der Waals surface area contributed by atoms with Gasteiger partial charge in [-0.3, -0.25) is 9.59 Å². The summed E-state index contributed by atoms with van der Waals surface area (Å²) in [5, 5.41) is 2.63. The molecule has 0 saturated carbocycles. The molecule has 1 N–H and O–H groups in total. The zero-order chi connectivity index (χ0) is 15.6. The van der Waals surface area contributed by atoms with E-state index < -0.39 is 17.1 Å². The van der Waals surface area contributed by atoms with Crippen LogP contribution < -0.4 is 5.32 Å². The fraction of sp³-hybridized carbons (Fsp3) is 0.833. The highest BCUT2D eigenvalue weighted by Gasteiger charge is 2.45. The van der Waals surface area contributed by atoms with Gasteiger partial charge in [0.05, 0.1) is 0 Å². The zero-order valence-corrected chi connectivity index (χ0v) is 12.5. The van der Waals surface area contributed by atoms with Gasteiger partial charge in [-0.1, -0.05) is 13.3 Å². The molecule has 1 aliphatic heterocycles. The molecule has 1 unspecified atom stereocenters. The molecule has 0 spiro atoms. The number of piperazine rings is 1. The smallest absolute Gasteiger partial charge is 0.342 e. The lowest BCUT2D eigenvalue weighted by Gasteiger charge is -2.44. The maximum atomic E-state index is 12.3. The van der Waals surface area contributed by atoms with Gasteiger partial charge in [0.2, 0.25) is 11.8 Å². The highest BCUT2D eigenvalue weighted by molar-refractivity contribution is 8.00. The van der Waals surface area contributed by atoms with Gasteiger partial charge in [-0.25, -0.2) is 0 Å². The van der Waals surface area contributed by atoms with Gasteiger partial charge < -0.3 is 10.2 Å². The van der Waals surface area contributed by atoms with Crippen molar-refractivity contribution in [1.82, 2.24) is 10.2 Å². The third-order valence-electron chi connectivity index (χ3n) is 3.26. The third-order valence-corrected chi connectivity index (χ3v) is 3.97. The summed E-state index contributed by atoms with van der Waals surface area (Å²) in [5.74, 6) is -0.906. The Morgan fingerprint density at radius 1 is 1.35 bits per heavy atom. The van der Waals surface area contributed by atoms with Crippen molar-refractivity contribution in [2.75, 3.05) is 12.3 Å². The predicted molar refractivity (Wildman–Crippen MR) is 71.1 cm³/mol. The van der Waals surface area contributed by atoms with Crippen LogP contribution in [0.1, 0.15) is 33.6 Å². The van der Waals surface area contributed by atoms with E-state index in [0.29, 0.717) is 12.8 Å². The lowest BCUT2D eigenvalue weighted by molar-refractivity contribution is -0.155. The van der Waals surface area contributed by atoms with Crippen LogP contribution in [0.4, 0.5) is 13.2 Å². The standard InChI is InChI=1S/C12H19F3N2O2S/c1-4-5-8-9(18)17(6-7-20-12(13,14)15)11(2,3)10(19)16-8/h8H,4-7H2,1-3H3,(H,16,19). The van der Waals surface area contributed by atoms with Crippen LogP contribution in [0.3, 0.4) is 0 Å². The van der Waals surface area contributed by atoms with E-state index in [1.165, 1.54) is 4.90 Å². The second kappa shape index (κ2) is 6.24. The van der Waals surface area contributed by atoms with Crippen LogP contribution in [-0.2, 0) is 9.59 Å². The lowest BCUT2D eigenvalue weighted by atomic mass is 9.94. The van der Waals surface area contributed by atoms with Crippen molar-refractivity contribution in [2.45, 2.75) is 50.7 Å². The predicted octanol–water partition coefficient (Wildman–Crippen LogP) is 2.15.